The van der Waals surface area contributed by atoms with Crippen LogP contribution < -0.4 is 0 Å². The molecule has 1 aliphatic heterocycles. The summed E-state index contributed by atoms with van der Waals surface area (Å²) in [5.74, 6) is -3.21. The Kier molecular flexibility index (Phi) is 44.1. The van der Waals surface area contributed by atoms with Crippen LogP contribution in [0.25, 0.3) is 0 Å². The summed E-state index contributed by atoms with van der Waals surface area (Å²) in [7, 11) is 0. The average molecular weight is 1000 g/mol. The Labute approximate surface area is 431 Å². The van der Waals surface area contributed by atoms with Crippen LogP contribution in [0.5, 0.6) is 0 Å². The van der Waals surface area contributed by atoms with Gasteiger partial charge in [0.25, 0.3) is 0 Å². The van der Waals surface area contributed by atoms with E-state index in [1.807, 2.05) is 12.2 Å². The lowest BCUT2D eigenvalue weighted by Crippen LogP contribution is -2.61. The van der Waals surface area contributed by atoms with E-state index >= 15 is 0 Å². The Morgan fingerprint density at radius 3 is 1.32 bits per heavy atom. The Morgan fingerprint density at radius 1 is 0.479 bits per heavy atom. The molecule has 6 atom stereocenters. The van der Waals surface area contributed by atoms with Gasteiger partial charge < -0.3 is 39.0 Å². The van der Waals surface area contributed by atoms with Crippen LogP contribution >= 0.6 is 0 Å². The molecule has 12 nitrogen and oxygen atoms in total. The molecule has 1 heterocycles. The Morgan fingerprint density at radius 2 is 0.887 bits per heavy atom. The molecule has 0 aromatic carbocycles. The summed E-state index contributed by atoms with van der Waals surface area (Å²) in [5.41, 5.74) is 0. The van der Waals surface area contributed by atoms with Crippen LogP contribution in [0.1, 0.15) is 252 Å². The molecular formula is C59H102O12. The minimum Gasteiger partial charge on any atom is -0.479 e. The van der Waals surface area contributed by atoms with Crippen LogP contribution in [-0.2, 0) is 42.9 Å². The van der Waals surface area contributed by atoms with Gasteiger partial charge in [0.05, 0.1) is 6.61 Å². The highest BCUT2D eigenvalue weighted by Crippen LogP contribution is 2.26. The summed E-state index contributed by atoms with van der Waals surface area (Å²) in [6.45, 7) is 5.82. The third-order valence-electron chi connectivity index (χ3n) is 12.9. The number of ether oxygens (including phenoxy) is 5. The van der Waals surface area contributed by atoms with Crippen molar-refractivity contribution in [2.75, 3.05) is 13.2 Å². The van der Waals surface area contributed by atoms with E-state index in [2.05, 4.69) is 57.2 Å². The monoisotopic (exact) mass is 1000 g/mol. The van der Waals surface area contributed by atoms with Gasteiger partial charge in [-0.05, 0) is 44.9 Å². The molecule has 410 valence electrons. The van der Waals surface area contributed by atoms with E-state index in [0.29, 0.717) is 19.3 Å². The van der Waals surface area contributed by atoms with Gasteiger partial charge in [0.15, 0.2) is 24.6 Å². The van der Waals surface area contributed by atoms with Crippen LogP contribution in [-0.4, -0.2) is 89.2 Å². The average Bonchev–Trinajstić information content (AvgIpc) is 3.35. The topological polar surface area (TPSA) is 175 Å². The van der Waals surface area contributed by atoms with Crippen LogP contribution in [0.4, 0.5) is 0 Å². The number of carbonyl (C=O) groups excluding carboxylic acids is 3. The van der Waals surface area contributed by atoms with E-state index in [4.69, 9.17) is 23.7 Å². The van der Waals surface area contributed by atoms with Gasteiger partial charge in [0.2, 0.25) is 0 Å². The van der Waals surface area contributed by atoms with Gasteiger partial charge in [-0.3, -0.25) is 14.4 Å². The number of carboxylic acid groups (broad SMARTS) is 1. The molecule has 71 heavy (non-hydrogen) atoms. The lowest BCUT2D eigenvalue weighted by molar-refractivity contribution is -0.301. The van der Waals surface area contributed by atoms with Crippen molar-refractivity contribution in [2.45, 2.75) is 289 Å². The molecule has 0 radical (unpaired) electrons. The first-order valence-electron chi connectivity index (χ1n) is 28.6. The zero-order valence-electron chi connectivity index (χ0n) is 45.0. The zero-order valence-corrected chi connectivity index (χ0v) is 45.0. The SMILES string of the molecule is CC/C=C\C/C=C\C/C=C\C/C=C\CCC(=O)OC(COC(=O)CCCCCCCCCCCCCCCCC)COC1OC(C(=O)O)C(O)C(O)C1OC(=O)CCCCCCCCCCCCCCC. The predicted molar refractivity (Wildman–Crippen MR) is 285 cm³/mol. The van der Waals surface area contributed by atoms with Gasteiger partial charge in [-0.2, -0.15) is 0 Å². The van der Waals surface area contributed by atoms with E-state index in [1.165, 1.54) is 122 Å². The Balaban J connectivity index is 2.73. The molecule has 0 amide bonds. The van der Waals surface area contributed by atoms with Crippen molar-refractivity contribution in [3.63, 3.8) is 0 Å². The zero-order chi connectivity index (χ0) is 51.8. The van der Waals surface area contributed by atoms with Crippen LogP contribution in [0, 0.1) is 0 Å². The molecule has 3 N–H and O–H groups in total. The lowest BCUT2D eigenvalue weighted by atomic mass is 9.98. The van der Waals surface area contributed by atoms with E-state index in [0.717, 1.165) is 70.6 Å². The van der Waals surface area contributed by atoms with Crippen molar-refractivity contribution in [1.82, 2.24) is 0 Å². The minimum atomic E-state index is -1.91. The number of aliphatic hydroxyl groups is 2. The summed E-state index contributed by atoms with van der Waals surface area (Å²) in [6, 6.07) is 0. The molecular weight excluding hydrogens is 901 g/mol. The lowest BCUT2D eigenvalue weighted by Gasteiger charge is -2.40. The molecule has 6 unspecified atom stereocenters. The number of hydrogen-bond donors (Lipinski definition) is 3. The quantitative estimate of drug-likeness (QED) is 0.0228. The van der Waals surface area contributed by atoms with E-state index < -0.39 is 67.3 Å². The molecule has 0 spiro atoms. The smallest absolute Gasteiger partial charge is 0.335 e. The fourth-order valence-electron chi connectivity index (χ4n) is 8.56. The first kappa shape index (κ1) is 65.7. The number of aliphatic carboxylic acids is 1. The number of aliphatic hydroxyl groups excluding tert-OH is 2. The summed E-state index contributed by atoms with van der Waals surface area (Å²) in [6.07, 6.45) is 43.9. The van der Waals surface area contributed by atoms with Gasteiger partial charge in [0.1, 0.15) is 18.8 Å². The number of carbonyl (C=O) groups is 4. The Hall–Kier alpha value is -3.32. The fraction of sp³-hybridized carbons (Fsp3) is 0.797. The summed E-state index contributed by atoms with van der Waals surface area (Å²) in [4.78, 5) is 50.9. The number of carboxylic acids is 1. The van der Waals surface area contributed by atoms with Crippen molar-refractivity contribution in [1.29, 1.82) is 0 Å². The molecule has 0 aromatic rings. The van der Waals surface area contributed by atoms with E-state index in [9.17, 15) is 34.5 Å². The van der Waals surface area contributed by atoms with Crippen LogP contribution in [0.15, 0.2) is 48.6 Å². The first-order chi connectivity index (χ1) is 34.6. The maximum absolute atomic E-state index is 13.1. The Bertz CT molecular complexity index is 1420. The molecule has 1 aliphatic rings. The van der Waals surface area contributed by atoms with Crippen molar-refractivity contribution in [3.8, 4) is 0 Å². The third-order valence-corrected chi connectivity index (χ3v) is 12.9. The van der Waals surface area contributed by atoms with Crippen molar-refractivity contribution in [2.24, 2.45) is 0 Å². The van der Waals surface area contributed by atoms with Gasteiger partial charge in [-0.15, -0.1) is 0 Å². The van der Waals surface area contributed by atoms with Crippen molar-refractivity contribution >= 4 is 23.9 Å². The second-order valence-corrected chi connectivity index (χ2v) is 19.6. The molecule has 0 bridgehead atoms. The number of unbranched alkanes of at least 4 members (excludes halogenated alkanes) is 26. The van der Waals surface area contributed by atoms with Crippen LogP contribution in [0.3, 0.4) is 0 Å². The van der Waals surface area contributed by atoms with Crippen molar-refractivity contribution in [3.05, 3.63) is 48.6 Å². The third kappa shape index (κ3) is 38.0. The van der Waals surface area contributed by atoms with Gasteiger partial charge in [0, 0.05) is 19.3 Å². The molecule has 0 saturated carbocycles. The maximum Gasteiger partial charge on any atom is 0.335 e. The number of rotatable bonds is 48. The normalized spacial score (nSPS) is 18.8. The van der Waals surface area contributed by atoms with Crippen molar-refractivity contribution < 1.29 is 58.2 Å². The molecule has 0 aliphatic carbocycles. The van der Waals surface area contributed by atoms with Gasteiger partial charge in [-0.1, -0.05) is 236 Å². The number of hydrogen-bond acceptors (Lipinski definition) is 11. The highest BCUT2D eigenvalue weighted by Gasteiger charge is 2.50. The van der Waals surface area contributed by atoms with E-state index in [-0.39, 0.29) is 25.9 Å². The standard InChI is InChI=1S/C59H102O12/c1-4-7-10-13-16-19-22-25-26-29-30-33-36-39-42-45-51(60)67-48-50(69-52(61)46-43-40-37-34-31-27-23-20-17-14-11-8-5-2)49-68-59-57(55(64)54(63)56(71-59)58(65)66)70-53(62)47-44-41-38-35-32-28-24-21-18-15-12-9-6-3/h8,11,17,20,27,31,37,40,50,54-57,59,63-64H,4-7,9-10,12-16,18-19,21-26,28-30,32-36,38-39,41-49H2,1-3H3,(H,65,66)/b11-8-,20-17-,31-27-,40-37-. The molecule has 12 heteroatoms. The minimum absolute atomic E-state index is 0.0448. The maximum atomic E-state index is 13.1. The second kappa shape index (κ2) is 47.7. The predicted octanol–water partition coefficient (Wildman–Crippen LogP) is 14.2. The second-order valence-electron chi connectivity index (χ2n) is 19.6. The molecule has 1 fully saturated rings. The van der Waals surface area contributed by atoms with E-state index in [1.54, 1.807) is 0 Å². The van der Waals surface area contributed by atoms with Gasteiger partial charge >= 0.3 is 23.9 Å². The molecule has 0 aromatic heterocycles. The number of esters is 3. The van der Waals surface area contributed by atoms with Crippen LogP contribution in [0.2, 0.25) is 0 Å². The number of allylic oxidation sites excluding steroid dienone is 8. The van der Waals surface area contributed by atoms with Gasteiger partial charge in [-0.25, -0.2) is 4.79 Å². The highest BCUT2D eigenvalue weighted by atomic mass is 16.7. The fourth-order valence-corrected chi connectivity index (χ4v) is 8.56. The highest BCUT2D eigenvalue weighted by molar-refractivity contribution is 5.74. The molecule has 1 rings (SSSR count). The largest absolute Gasteiger partial charge is 0.479 e. The molecule has 1 saturated heterocycles. The first-order valence-corrected chi connectivity index (χ1v) is 28.6. The summed E-state index contributed by atoms with van der Waals surface area (Å²) < 4.78 is 28.3. The summed E-state index contributed by atoms with van der Waals surface area (Å²) >= 11 is 0. The summed E-state index contributed by atoms with van der Waals surface area (Å²) in [5, 5.41) is 31.4.